The molecule has 2 heterocycles. The van der Waals surface area contributed by atoms with E-state index in [2.05, 4.69) is 4.90 Å². The molecule has 3 rings (SSSR count). The molecule has 2 fully saturated rings. The molecule has 0 spiro atoms. The molecule has 0 unspecified atom stereocenters. The van der Waals surface area contributed by atoms with Gasteiger partial charge >= 0.3 is 0 Å². The molecular weight excluding hydrogens is 290 g/mol. The van der Waals surface area contributed by atoms with Crippen molar-refractivity contribution in [3.63, 3.8) is 0 Å². The molecule has 2 aliphatic heterocycles. The van der Waals surface area contributed by atoms with Crippen molar-refractivity contribution in [2.45, 2.75) is 51.2 Å². The molecule has 1 aromatic carbocycles. The van der Waals surface area contributed by atoms with Crippen molar-refractivity contribution in [3.05, 3.63) is 35.4 Å². The third-order valence-electron chi connectivity index (χ3n) is 5.16. The van der Waals surface area contributed by atoms with Crippen LogP contribution in [0.2, 0.25) is 0 Å². The predicted octanol–water partition coefficient (Wildman–Crippen LogP) is 1.76. The largest absolute Gasteiger partial charge is 0.366 e. The molecule has 2 N–H and O–H groups in total. The van der Waals surface area contributed by atoms with E-state index in [0.717, 1.165) is 44.5 Å². The number of rotatable bonds is 4. The van der Waals surface area contributed by atoms with Crippen LogP contribution in [-0.4, -0.2) is 46.8 Å². The fourth-order valence-corrected chi connectivity index (χ4v) is 4.12. The fraction of sp³-hybridized carbons (Fsp3) is 0.556. The lowest BCUT2D eigenvalue weighted by molar-refractivity contribution is -0.130. The highest BCUT2D eigenvalue weighted by Gasteiger charge is 2.38. The Morgan fingerprint density at radius 3 is 2.65 bits per heavy atom. The van der Waals surface area contributed by atoms with Gasteiger partial charge in [0.15, 0.2) is 0 Å². The van der Waals surface area contributed by atoms with Gasteiger partial charge in [0, 0.05) is 37.7 Å². The molecule has 0 aliphatic carbocycles. The number of nitrogens with zero attached hydrogens (tertiary/aromatic N) is 2. The van der Waals surface area contributed by atoms with Crippen molar-refractivity contribution >= 4 is 11.8 Å². The van der Waals surface area contributed by atoms with Crippen LogP contribution in [0.25, 0.3) is 0 Å². The van der Waals surface area contributed by atoms with Crippen molar-refractivity contribution in [2.75, 3.05) is 13.1 Å². The van der Waals surface area contributed by atoms with E-state index in [1.807, 2.05) is 23.1 Å². The van der Waals surface area contributed by atoms with Crippen molar-refractivity contribution in [1.82, 2.24) is 9.80 Å². The summed E-state index contributed by atoms with van der Waals surface area (Å²) in [5.74, 6) is -0.196. The van der Waals surface area contributed by atoms with Gasteiger partial charge in [-0.15, -0.1) is 0 Å². The van der Waals surface area contributed by atoms with E-state index in [0.29, 0.717) is 17.6 Å². The summed E-state index contributed by atoms with van der Waals surface area (Å²) in [5, 5.41) is 0. The van der Waals surface area contributed by atoms with Crippen LogP contribution in [0, 0.1) is 0 Å². The summed E-state index contributed by atoms with van der Waals surface area (Å²) in [6.45, 7) is 4.43. The van der Waals surface area contributed by atoms with E-state index in [9.17, 15) is 9.59 Å². The van der Waals surface area contributed by atoms with Gasteiger partial charge in [0.1, 0.15) is 0 Å². The van der Waals surface area contributed by atoms with Gasteiger partial charge in [-0.2, -0.15) is 0 Å². The summed E-state index contributed by atoms with van der Waals surface area (Å²) in [7, 11) is 0. The normalized spacial score (nSPS) is 25.0. The number of benzene rings is 1. The van der Waals surface area contributed by atoms with Crippen molar-refractivity contribution in [3.8, 4) is 0 Å². The molecule has 0 radical (unpaired) electrons. The van der Waals surface area contributed by atoms with Gasteiger partial charge in [-0.25, -0.2) is 0 Å². The Labute approximate surface area is 137 Å². The van der Waals surface area contributed by atoms with E-state index in [-0.39, 0.29) is 11.8 Å². The van der Waals surface area contributed by atoms with Crippen molar-refractivity contribution in [1.29, 1.82) is 0 Å². The van der Waals surface area contributed by atoms with Crippen LogP contribution in [-0.2, 0) is 11.3 Å². The second-order valence-electron chi connectivity index (χ2n) is 6.67. The zero-order valence-corrected chi connectivity index (χ0v) is 13.7. The molecule has 2 atom stereocenters. The van der Waals surface area contributed by atoms with Crippen LogP contribution in [0.5, 0.6) is 0 Å². The molecule has 0 saturated carbocycles. The molecule has 5 heteroatoms. The molecule has 124 valence electrons. The van der Waals surface area contributed by atoms with E-state index in [1.54, 1.807) is 13.0 Å². The minimum absolute atomic E-state index is 0.190. The van der Waals surface area contributed by atoms with E-state index in [4.69, 9.17) is 5.73 Å². The first-order valence-corrected chi connectivity index (χ1v) is 8.46. The second-order valence-corrected chi connectivity index (χ2v) is 6.67. The molecular formula is C18H25N3O2. The summed E-state index contributed by atoms with van der Waals surface area (Å²) in [5.41, 5.74) is 7.04. The predicted molar refractivity (Wildman–Crippen MR) is 88.8 cm³/mol. The second kappa shape index (κ2) is 6.71. The number of hydrogen-bond donors (Lipinski definition) is 1. The molecule has 2 aliphatic rings. The topological polar surface area (TPSA) is 66.6 Å². The zero-order valence-electron chi connectivity index (χ0n) is 13.7. The highest BCUT2D eigenvalue weighted by Crippen LogP contribution is 2.31. The zero-order chi connectivity index (χ0) is 16.4. The quantitative estimate of drug-likeness (QED) is 0.920. The standard InChI is InChI=1S/C18H25N3O2/c1-13(22)21-10-4-8-17(21)16-7-3-9-20(16)12-14-5-2-6-15(11-14)18(19)23/h2,5-6,11,16-17H,3-4,7-10,12H2,1H3,(H2,19,23)/t16-,17-/m1/s1. The molecule has 5 nitrogen and oxygen atoms in total. The maximum absolute atomic E-state index is 11.9. The highest BCUT2D eigenvalue weighted by atomic mass is 16.2. The van der Waals surface area contributed by atoms with Gasteiger partial charge in [0.05, 0.1) is 0 Å². The summed E-state index contributed by atoms with van der Waals surface area (Å²) in [6, 6.07) is 8.33. The van der Waals surface area contributed by atoms with Gasteiger partial charge in [0.25, 0.3) is 0 Å². The summed E-state index contributed by atoms with van der Waals surface area (Å²) >= 11 is 0. The summed E-state index contributed by atoms with van der Waals surface area (Å²) in [4.78, 5) is 27.7. The van der Waals surface area contributed by atoms with Crippen LogP contribution in [0.15, 0.2) is 24.3 Å². The third kappa shape index (κ3) is 3.39. The summed E-state index contributed by atoms with van der Waals surface area (Å²) < 4.78 is 0. The molecule has 2 amide bonds. The van der Waals surface area contributed by atoms with E-state index in [1.165, 1.54) is 6.42 Å². The SMILES string of the molecule is CC(=O)N1CCC[C@@H]1[C@H]1CCCN1Cc1cccc(C(N)=O)c1. The fourth-order valence-electron chi connectivity index (χ4n) is 4.12. The monoisotopic (exact) mass is 315 g/mol. The number of nitrogens with two attached hydrogens (primary N) is 1. The van der Waals surface area contributed by atoms with Gasteiger partial charge in [-0.1, -0.05) is 12.1 Å². The first-order chi connectivity index (χ1) is 11.1. The lowest BCUT2D eigenvalue weighted by atomic mass is 10.0. The Balaban J connectivity index is 1.73. The number of primary amides is 1. The van der Waals surface area contributed by atoms with Gasteiger partial charge in [-0.3, -0.25) is 14.5 Å². The Kier molecular flexibility index (Phi) is 4.66. The van der Waals surface area contributed by atoms with Crippen LogP contribution >= 0.6 is 0 Å². The van der Waals surface area contributed by atoms with Crippen molar-refractivity contribution < 1.29 is 9.59 Å². The smallest absolute Gasteiger partial charge is 0.248 e. The third-order valence-corrected chi connectivity index (χ3v) is 5.16. The maximum Gasteiger partial charge on any atom is 0.248 e. The Morgan fingerprint density at radius 2 is 1.91 bits per heavy atom. The first-order valence-electron chi connectivity index (χ1n) is 8.46. The van der Waals surface area contributed by atoms with Crippen LogP contribution in [0.3, 0.4) is 0 Å². The minimum Gasteiger partial charge on any atom is -0.366 e. The first kappa shape index (κ1) is 16.0. The molecule has 2 saturated heterocycles. The number of amides is 2. The van der Waals surface area contributed by atoms with Gasteiger partial charge < -0.3 is 10.6 Å². The molecule has 23 heavy (non-hydrogen) atoms. The Morgan fingerprint density at radius 1 is 1.17 bits per heavy atom. The molecule has 0 bridgehead atoms. The molecule has 1 aromatic rings. The van der Waals surface area contributed by atoms with Crippen molar-refractivity contribution in [2.24, 2.45) is 5.73 Å². The average molecular weight is 315 g/mol. The lowest BCUT2D eigenvalue weighted by Gasteiger charge is -2.34. The van der Waals surface area contributed by atoms with Gasteiger partial charge in [0.2, 0.25) is 11.8 Å². The number of hydrogen-bond acceptors (Lipinski definition) is 3. The number of likely N-dealkylation sites (tertiary alicyclic amines) is 2. The average Bonchev–Trinajstić information content (AvgIpc) is 3.15. The minimum atomic E-state index is -0.386. The molecule has 0 aromatic heterocycles. The van der Waals surface area contributed by atoms with Gasteiger partial charge in [-0.05, 0) is 49.9 Å². The Hall–Kier alpha value is -1.88. The van der Waals surface area contributed by atoms with Crippen LogP contribution < -0.4 is 5.73 Å². The maximum atomic E-state index is 11.9. The highest BCUT2D eigenvalue weighted by molar-refractivity contribution is 5.92. The number of carbonyl (C=O) groups excluding carboxylic acids is 2. The summed E-state index contributed by atoms with van der Waals surface area (Å²) in [6.07, 6.45) is 4.51. The lowest BCUT2D eigenvalue weighted by Crippen LogP contribution is -2.47. The van der Waals surface area contributed by atoms with Crippen LogP contribution in [0.4, 0.5) is 0 Å². The van der Waals surface area contributed by atoms with Crippen LogP contribution in [0.1, 0.15) is 48.5 Å². The Bertz CT molecular complexity index is 602. The van der Waals surface area contributed by atoms with E-state index < -0.39 is 0 Å². The van der Waals surface area contributed by atoms with E-state index >= 15 is 0 Å². The number of carbonyl (C=O) groups is 2.